The highest BCUT2D eigenvalue weighted by molar-refractivity contribution is 6.07. The molecule has 3 rings (SSSR count). The summed E-state index contributed by atoms with van der Waals surface area (Å²) in [6.07, 6.45) is 10.0. The Morgan fingerprint density at radius 3 is 2.66 bits per heavy atom. The lowest BCUT2D eigenvalue weighted by Gasteiger charge is -2.14. The van der Waals surface area contributed by atoms with Crippen molar-refractivity contribution in [1.82, 2.24) is 10.1 Å². The SMILES string of the molecule is C=C/C=C(\C=C)COc1ccc(-c2ccncc2)cc1C(=O)Nc1cnoc1C. The fourth-order valence-corrected chi connectivity index (χ4v) is 2.65. The molecule has 1 N–H and O–H groups in total. The van der Waals surface area contributed by atoms with E-state index in [0.717, 1.165) is 16.7 Å². The van der Waals surface area contributed by atoms with Gasteiger partial charge >= 0.3 is 0 Å². The molecule has 0 bridgehead atoms. The number of amides is 1. The smallest absolute Gasteiger partial charge is 0.259 e. The quantitative estimate of drug-likeness (QED) is 0.552. The van der Waals surface area contributed by atoms with Crippen LogP contribution in [0.4, 0.5) is 5.69 Å². The van der Waals surface area contributed by atoms with E-state index in [4.69, 9.17) is 9.26 Å². The number of allylic oxidation sites excluding steroid dienone is 2. The van der Waals surface area contributed by atoms with Gasteiger partial charge in [0.25, 0.3) is 5.91 Å². The van der Waals surface area contributed by atoms with Crippen molar-refractivity contribution < 1.29 is 14.1 Å². The van der Waals surface area contributed by atoms with E-state index < -0.39 is 0 Å². The molecule has 0 spiro atoms. The van der Waals surface area contributed by atoms with Crippen LogP contribution >= 0.6 is 0 Å². The van der Waals surface area contributed by atoms with E-state index in [-0.39, 0.29) is 12.5 Å². The Morgan fingerprint density at radius 1 is 1.21 bits per heavy atom. The summed E-state index contributed by atoms with van der Waals surface area (Å²) in [4.78, 5) is 17.0. The minimum absolute atomic E-state index is 0.261. The highest BCUT2D eigenvalue weighted by atomic mass is 16.5. The van der Waals surface area contributed by atoms with Crippen LogP contribution in [0.2, 0.25) is 0 Å². The molecule has 6 heteroatoms. The zero-order valence-electron chi connectivity index (χ0n) is 16.1. The number of carbonyl (C=O) groups excluding carboxylic acids is 1. The van der Waals surface area contributed by atoms with Crippen molar-refractivity contribution in [2.24, 2.45) is 0 Å². The summed E-state index contributed by atoms with van der Waals surface area (Å²) in [6, 6.07) is 9.22. The number of benzene rings is 1. The first-order valence-electron chi connectivity index (χ1n) is 8.96. The molecule has 0 aliphatic rings. The normalized spacial score (nSPS) is 11.0. The Hall–Kier alpha value is -3.93. The maximum absolute atomic E-state index is 13.0. The van der Waals surface area contributed by atoms with Crippen molar-refractivity contribution in [3.8, 4) is 16.9 Å². The van der Waals surface area contributed by atoms with Gasteiger partial charge in [0.15, 0.2) is 5.76 Å². The molecular weight excluding hydrogens is 366 g/mol. The second-order valence-electron chi connectivity index (χ2n) is 6.17. The highest BCUT2D eigenvalue weighted by Crippen LogP contribution is 2.28. The van der Waals surface area contributed by atoms with Gasteiger partial charge in [-0.3, -0.25) is 9.78 Å². The van der Waals surface area contributed by atoms with E-state index in [2.05, 4.69) is 28.6 Å². The third kappa shape index (κ3) is 4.87. The van der Waals surface area contributed by atoms with E-state index in [1.54, 1.807) is 49.7 Å². The van der Waals surface area contributed by atoms with Gasteiger partial charge in [0, 0.05) is 12.4 Å². The largest absolute Gasteiger partial charge is 0.488 e. The molecule has 6 nitrogen and oxygen atoms in total. The number of ether oxygens (including phenoxy) is 1. The Labute approximate surface area is 169 Å². The van der Waals surface area contributed by atoms with Crippen LogP contribution in [0.15, 0.2) is 90.4 Å². The third-order valence-electron chi connectivity index (χ3n) is 4.23. The van der Waals surface area contributed by atoms with E-state index >= 15 is 0 Å². The molecule has 0 atom stereocenters. The summed E-state index contributed by atoms with van der Waals surface area (Å²) < 4.78 is 10.9. The Kier molecular flexibility index (Phi) is 6.37. The lowest BCUT2D eigenvalue weighted by molar-refractivity contribution is 0.102. The second-order valence-corrected chi connectivity index (χ2v) is 6.17. The van der Waals surface area contributed by atoms with Gasteiger partial charge in [-0.15, -0.1) is 0 Å². The lowest BCUT2D eigenvalue weighted by Crippen LogP contribution is -2.14. The number of aryl methyl sites for hydroxylation is 1. The van der Waals surface area contributed by atoms with Crippen molar-refractivity contribution in [3.63, 3.8) is 0 Å². The molecule has 0 radical (unpaired) electrons. The van der Waals surface area contributed by atoms with Gasteiger partial charge in [0.05, 0.1) is 11.8 Å². The summed E-state index contributed by atoms with van der Waals surface area (Å²) >= 11 is 0. The maximum Gasteiger partial charge on any atom is 0.259 e. The number of nitrogens with zero attached hydrogens (tertiary/aromatic N) is 2. The number of aromatic nitrogens is 2. The van der Waals surface area contributed by atoms with E-state index in [1.165, 1.54) is 6.20 Å². The lowest BCUT2D eigenvalue weighted by atomic mass is 10.0. The molecule has 3 aromatic rings. The first-order chi connectivity index (χ1) is 14.1. The first kappa shape index (κ1) is 19.8. The standard InChI is InChI=1S/C23H21N3O3/c1-4-6-17(5-2)15-28-22-8-7-19(18-9-11-24-12-10-18)13-20(22)23(27)26-21-14-25-29-16(21)3/h4-14H,1-2,15H2,3H3,(H,26,27)/b17-6+. The summed E-state index contributed by atoms with van der Waals surface area (Å²) in [5.74, 6) is 0.648. The predicted octanol–water partition coefficient (Wildman–Crippen LogP) is 4.97. The van der Waals surface area contributed by atoms with E-state index in [9.17, 15) is 4.79 Å². The van der Waals surface area contributed by atoms with Crippen molar-refractivity contribution in [2.45, 2.75) is 6.92 Å². The summed E-state index contributed by atoms with van der Waals surface area (Å²) in [5, 5.41) is 6.51. The fraction of sp³-hybridized carbons (Fsp3) is 0.0870. The average Bonchev–Trinajstić information content (AvgIpc) is 3.16. The molecule has 0 unspecified atom stereocenters. The monoisotopic (exact) mass is 387 g/mol. The molecule has 1 aromatic carbocycles. The van der Waals surface area contributed by atoms with Crippen LogP contribution in [0.1, 0.15) is 16.1 Å². The Bertz CT molecular complexity index is 1050. The van der Waals surface area contributed by atoms with Crippen molar-refractivity contribution in [3.05, 3.63) is 97.2 Å². The highest BCUT2D eigenvalue weighted by Gasteiger charge is 2.17. The number of hydrogen-bond acceptors (Lipinski definition) is 5. The topological polar surface area (TPSA) is 77.2 Å². The van der Waals surface area contributed by atoms with Crippen LogP contribution in [0.3, 0.4) is 0 Å². The molecule has 0 aliphatic carbocycles. The van der Waals surface area contributed by atoms with Crippen LogP contribution in [-0.4, -0.2) is 22.7 Å². The number of nitrogens with one attached hydrogen (secondary N) is 1. The van der Waals surface area contributed by atoms with Gasteiger partial charge in [0.1, 0.15) is 18.0 Å². The average molecular weight is 387 g/mol. The molecule has 2 heterocycles. The van der Waals surface area contributed by atoms with Crippen molar-refractivity contribution in [1.29, 1.82) is 0 Å². The molecule has 0 fully saturated rings. The third-order valence-corrected chi connectivity index (χ3v) is 4.23. The summed E-state index contributed by atoms with van der Waals surface area (Å²) in [5.41, 5.74) is 3.56. The Balaban J connectivity index is 1.94. The first-order valence-corrected chi connectivity index (χ1v) is 8.96. The molecule has 2 aromatic heterocycles. The van der Waals surface area contributed by atoms with Crippen LogP contribution in [0.25, 0.3) is 11.1 Å². The van der Waals surface area contributed by atoms with E-state index in [1.807, 2.05) is 18.2 Å². The van der Waals surface area contributed by atoms with Gasteiger partial charge in [-0.05, 0) is 47.9 Å². The van der Waals surface area contributed by atoms with Crippen LogP contribution < -0.4 is 10.1 Å². The van der Waals surface area contributed by atoms with Crippen molar-refractivity contribution >= 4 is 11.6 Å². The number of anilines is 1. The predicted molar refractivity (Wildman–Crippen MR) is 113 cm³/mol. The molecule has 0 saturated heterocycles. The molecule has 1 amide bonds. The molecule has 0 aliphatic heterocycles. The number of hydrogen-bond donors (Lipinski definition) is 1. The molecular formula is C23H21N3O3. The van der Waals surface area contributed by atoms with E-state index in [0.29, 0.717) is 22.8 Å². The Morgan fingerprint density at radius 2 is 2.00 bits per heavy atom. The molecule has 29 heavy (non-hydrogen) atoms. The molecule has 0 saturated carbocycles. The minimum Gasteiger partial charge on any atom is -0.488 e. The summed E-state index contributed by atoms with van der Waals surface area (Å²) in [7, 11) is 0. The zero-order chi connectivity index (χ0) is 20.6. The van der Waals surface area contributed by atoms with Crippen molar-refractivity contribution in [2.75, 3.05) is 11.9 Å². The van der Waals surface area contributed by atoms with Gasteiger partial charge in [-0.1, -0.05) is 42.6 Å². The minimum atomic E-state index is -0.324. The number of carbonyl (C=O) groups is 1. The number of rotatable bonds is 8. The maximum atomic E-state index is 13.0. The molecule has 146 valence electrons. The summed E-state index contributed by atoms with van der Waals surface area (Å²) in [6.45, 7) is 9.43. The van der Waals surface area contributed by atoms with Crippen LogP contribution in [-0.2, 0) is 0 Å². The van der Waals surface area contributed by atoms with Gasteiger partial charge in [-0.25, -0.2) is 0 Å². The van der Waals surface area contributed by atoms with Crippen LogP contribution in [0.5, 0.6) is 5.75 Å². The fourth-order valence-electron chi connectivity index (χ4n) is 2.65. The van der Waals surface area contributed by atoms with Crippen LogP contribution in [0, 0.1) is 6.92 Å². The number of pyridine rings is 1. The van der Waals surface area contributed by atoms with Gasteiger partial charge in [0.2, 0.25) is 0 Å². The second kappa shape index (κ2) is 9.32. The zero-order valence-corrected chi connectivity index (χ0v) is 16.1. The van der Waals surface area contributed by atoms with Gasteiger partial charge in [-0.2, -0.15) is 0 Å². The van der Waals surface area contributed by atoms with Gasteiger partial charge < -0.3 is 14.6 Å².